The number of aliphatic carboxylic acids is 1. The molecule has 3 heteroatoms. The van der Waals surface area contributed by atoms with Crippen LogP contribution in [0.15, 0.2) is 11.6 Å². The third-order valence-corrected chi connectivity index (χ3v) is 1.57. The van der Waals surface area contributed by atoms with E-state index in [0.717, 1.165) is 25.7 Å². The molecule has 0 amide bonds. The fourth-order valence-corrected chi connectivity index (χ4v) is 1.03. The van der Waals surface area contributed by atoms with E-state index in [1.54, 1.807) is 0 Å². The van der Waals surface area contributed by atoms with E-state index in [-0.39, 0.29) is 27.3 Å². The van der Waals surface area contributed by atoms with Gasteiger partial charge in [0, 0.05) is 32.9 Å². The Hall–Kier alpha value is 0.132. The zero-order chi connectivity index (χ0) is 6.69. The van der Waals surface area contributed by atoms with E-state index in [1.165, 1.54) is 0 Å². The molecule has 0 saturated heterocycles. The monoisotopic (exact) mass is 240 g/mol. The van der Waals surface area contributed by atoms with Crippen molar-refractivity contribution in [1.82, 2.24) is 0 Å². The minimum atomic E-state index is -0.741. The molecule has 0 atom stereocenters. The van der Waals surface area contributed by atoms with Crippen LogP contribution in [-0.4, -0.2) is 11.1 Å². The number of carboxylic acid groups (broad SMARTS) is 1. The summed E-state index contributed by atoms with van der Waals surface area (Å²) in [6, 6.07) is 0. The number of hydrogen-bond donors (Lipinski definition) is 1. The molecule has 0 saturated carbocycles. The summed E-state index contributed by atoms with van der Waals surface area (Å²) in [5.74, 6) is -0.741. The van der Waals surface area contributed by atoms with Crippen LogP contribution in [0.25, 0.3) is 0 Å². The molecule has 10 heavy (non-hydrogen) atoms. The maximum Gasteiger partial charge on any atom is 0.331 e. The van der Waals surface area contributed by atoms with Crippen molar-refractivity contribution in [3.05, 3.63) is 11.6 Å². The molecular formula is C7H10CdO2. The first kappa shape index (κ1) is 10.1. The maximum absolute atomic E-state index is 10.3. The Balaban J connectivity index is 0.000000810. The van der Waals surface area contributed by atoms with Gasteiger partial charge in [0.15, 0.2) is 0 Å². The second-order valence-corrected chi connectivity index (χ2v) is 2.28. The summed E-state index contributed by atoms with van der Waals surface area (Å²) in [7, 11) is 0. The van der Waals surface area contributed by atoms with Gasteiger partial charge in [-0.05, 0) is 25.7 Å². The molecule has 0 radical (unpaired) electrons. The van der Waals surface area contributed by atoms with Gasteiger partial charge in [-0.3, -0.25) is 0 Å². The minimum absolute atomic E-state index is 0. The molecule has 0 bridgehead atoms. The topological polar surface area (TPSA) is 37.3 Å². The van der Waals surface area contributed by atoms with E-state index in [4.69, 9.17) is 5.11 Å². The van der Waals surface area contributed by atoms with Crippen molar-refractivity contribution < 1.29 is 37.2 Å². The molecule has 0 unspecified atom stereocenters. The standard InChI is InChI=1S/C7H10O2.Cd/c8-7(9)6-4-2-1-3-5-6;/h4H,1-3,5H2,(H,8,9);. The summed E-state index contributed by atoms with van der Waals surface area (Å²) >= 11 is 0. The zero-order valence-corrected chi connectivity index (χ0v) is 10.0. The molecule has 1 aliphatic rings. The van der Waals surface area contributed by atoms with Crippen LogP contribution in [0.1, 0.15) is 25.7 Å². The molecule has 0 spiro atoms. The number of allylic oxidation sites excluding steroid dienone is 1. The third kappa shape index (κ3) is 2.81. The van der Waals surface area contributed by atoms with Gasteiger partial charge in [-0.25, -0.2) is 4.79 Å². The van der Waals surface area contributed by atoms with E-state index >= 15 is 0 Å². The van der Waals surface area contributed by atoms with Gasteiger partial charge in [-0.15, -0.1) is 0 Å². The molecular weight excluding hydrogens is 228 g/mol. The Morgan fingerprint density at radius 2 is 2.20 bits per heavy atom. The molecule has 52 valence electrons. The normalized spacial score (nSPS) is 17.0. The number of carbonyl (C=O) groups is 1. The Morgan fingerprint density at radius 1 is 1.50 bits per heavy atom. The van der Waals surface area contributed by atoms with Gasteiger partial charge in [0.25, 0.3) is 0 Å². The summed E-state index contributed by atoms with van der Waals surface area (Å²) in [4.78, 5) is 10.3. The molecule has 0 aliphatic heterocycles. The zero-order valence-electron chi connectivity index (χ0n) is 5.97. The summed E-state index contributed by atoms with van der Waals surface area (Å²) in [5.41, 5.74) is 0.598. The van der Waals surface area contributed by atoms with E-state index in [0.29, 0.717) is 5.57 Å². The number of carboxylic acids is 1. The Bertz CT molecular complexity index is 152. The first-order chi connectivity index (χ1) is 4.30. The van der Waals surface area contributed by atoms with Gasteiger partial charge in [0.1, 0.15) is 0 Å². The average Bonchev–Trinajstić information content (AvgIpc) is 1.90. The first-order valence-corrected chi connectivity index (χ1v) is 3.23. The molecule has 0 aromatic heterocycles. The van der Waals surface area contributed by atoms with Crippen molar-refractivity contribution in [1.29, 1.82) is 0 Å². The van der Waals surface area contributed by atoms with Gasteiger partial charge in [0.2, 0.25) is 0 Å². The fraction of sp³-hybridized carbons (Fsp3) is 0.571. The van der Waals surface area contributed by atoms with Crippen LogP contribution in [0, 0.1) is 0 Å². The van der Waals surface area contributed by atoms with Crippen LogP contribution in [0.2, 0.25) is 0 Å². The van der Waals surface area contributed by atoms with Gasteiger partial charge in [-0.2, -0.15) is 0 Å². The van der Waals surface area contributed by atoms with Gasteiger partial charge >= 0.3 is 5.97 Å². The van der Waals surface area contributed by atoms with Crippen molar-refractivity contribution in [2.45, 2.75) is 25.7 Å². The third-order valence-electron chi connectivity index (χ3n) is 1.57. The summed E-state index contributed by atoms with van der Waals surface area (Å²) in [6.45, 7) is 0. The van der Waals surface area contributed by atoms with Crippen molar-refractivity contribution in [2.75, 3.05) is 0 Å². The van der Waals surface area contributed by atoms with Gasteiger partial charge in [-0.1, -0.05) is 6.08 Å². The SMILES string of the molecule is O=C(O)C1=CCCCC1.[Cd]. The molecule has 0 aromatic carbocycles. The molecule has 0 aromatic rings. The largest absolute Gasteiger partial charge is 0.478 e. The van der Waals surface area contributed by atoms with Gasteiger partial charge in [0.05, 0.1) is 0 Å². The van der Waals surface area contributed by atoms with E-state index in [9.17, 15) is 4.79 Å². The predicted octanol–water partition coefficient (Wildman–Crippen LogP) is 1.57. The maximum atomic E-state index is 10.3. The quantitative estimate of drug-likeness (QED) is 0.704. The fourth-order valence-electron chi connectivity index (χ4n) is 1.03. The molecule has 0 heterocycles. The average molecular weight is 239 g/mol. The smallest absolute Gasteiger partial charge is 0.331 e. The summed E-state index contributed by atoms with van der Waals surface area (Å²) < 4.78 is 0. The van der Waals surface area contributed by atoms with Crippen LogP contribution in [-0.2, 0) is 32.1 Å². The van der Waals surface area contributed by atoms with Crippen molar-refractivity contribution >= 4 is 5.97 Å². The van der Waals surface area contributed by atoms with E-state index in [2.05, 4.69) is 0 Å². The molecule has 2 nitrogen and oxygen atoms in total. The van der Waals surface area contributed by atoms with E-state index < -0.39 is 5.97 Å². The Labute approximate surface area is 80.5 Å². The van der Waals surface area contributed by atoms with Crippen molar-refractivity contribution in [3.63, 3.8) is 0 Å². The van der Waals surface area contributed by atoms with Crippen molar-refractivity contribution in [2.24, 2.45) is 0 Å². The van der Waals surface area contributed by atoms with Crippen LogP contribution in [0.5, 0.6) is 0 Å². The van der Waals surface area contributed by atoms with E-state index in [1.807, 2.05) is 6.08 Å². The van der Waals surface area contributed by atoms with Crippen LogP contribution in [0.4, 0.5) is 0 Å². The minimum Gasteiger partial charge on any atom is -0.478 e. The van der Waals surface area contributed by atoms with Gasteiger partial charge < -0.3 is 5.11 Å². The molecule has 1 N–H and O–H groups in total. The summed E-state index contributed by atoms with van der Waals surface area (Å²) in [5, 5.41) is 8.47. The van der Waals surface area contributed by atoms with Crippen molar-refractivity contribution in [3.8, 4) is 0 Å². The van der Waals surface area contributed by atoms with Crippen LogP contribution in [0.3, 0.4) is 0 Å². The number of rotatable bonds is 1. The predicted molar refractivity (Wildman–Crippen MR) is 34.2 cm³/mol. The van der Waals surface area contributed by atoms with Crippen LogP contribution >= 0.6 is 0 Å². The summed E-state index contributed by atoms with van der Waals surface area (Å²) in [6.07, 6.45) is 5.72. The van der Waals surface area contributed by atoms with Crippen LogP contribution < -0.4 is 0 Å². The molecule has 1 aliphatic carbocycles. The molecule has 0 fully saturated rings. The second-order valence-electron chi connectivity index (χ2n) is 2.28. The molecule has 1 rings (SSSR count). The number of hydrogen-bond acceptors (Lipinski definition) is 1. The second kappa shape index (κ2) is 4.87. The Morgan fingerprint density at radius 3 is 2.50 bits per heavy atom. The first-order valence-electron chi connectivity index (χ1n) is 3.23. The Kier molecular flexibility index (Phi) is 4.94.